The van der Waals surface area contributed by atoms with Crippen molar-refractivity contribution in [3.63, 3.8) is 0 Å². The molecule has 0 aliphatic heterocycles. The van der Waals surface area contributed by atoms with Gasteiger partial charge in [-0.05, 0) is 58.5 Å². The quantitative estimate of drug-likeness (QED) is 0.179. The number of halogens is 4. The van der Waals surface area contributed by atoms with E-state index in [-0.39, 0.29) is 0 Å². The summed E-state index contributed by atoms with van der Waals surface area (Å²) in [7, 11) is 1.60. The second-order valence-corrected chi connectivity index (χ2v) is 8.59. The Balaban J connectivity index is 1.68. The lowest BCUT2D eigenvalue weighted by molar-refractivity contribution is 0.282. The number of rotatable bonds is 8. The molecule has 0 aromatic heterocycles. The largest absolute Gasteiger partial charge is 0.493 e. The van der Waals surface area contributed by atoms with Crippen LogP contribution in [0.4, 0.5) is 0 Å². The summed E-state index contributed by atoms with van der Waals surface area (Å²) in [5.41, 5.74) is 5.53. The summed E-state index contributed by atoms with van der Waals surface area (Å²) >= 11 is 20.8. The van der Waals surface area contributed by atoms with Gasteiger partial charge in [0.05, 0.1) is 23.4 Å². The molecule has 3 aromatic carbocycles. The van der Waals surface area contributed by atoms with Crippen molar-refractivity contribution in [2.75, 3.05) is 7.11 Å². The molecule has 0 radical (unpaired) electrons. The molecular weight excluding hydrogens is 558 g/mol. The number of nitrogens with one attached hydrogen (secondary N) is 1. The Morgan fingerprint density at radius 1 is 1.00 bits per heavy atom. The molecule has 0 atom stereocenters. The van der Waals surface area contributed by atoms with Crippen molar-refractivity contribution < 1.29 is 9.47 Å². The first kappa shape index (κ1) is 23.0. The predicted molar refractivity (Wildman–Crippen MR) is 132 cm³/mol. The van der Waals surface area contributed by atoms with Crippen LogP contribution in [0.3, 0.4) is 0 Å². The van der Waals surface area contributed by atoms with Crippen LogP contribution in [0.25, 0.3) is 0 Å². The van der Waals surface area contributed by atoms with Gasteiger partial charge in [0.25, 0.3) is 0 Å². The minimum Gasteiger partial charge on any atom is -0.493 e. The van der Waals surface area contributed by atoms with Crippen molar-refractivity contribution in [3.8, 4) is 11.5 Å². The number of hydrazone groups is 1. The third kappa shape index (κ3) is 5.94. The van der Waals surface area contributed by atoms with Crippen molar-refractivity contribution in [1.29, 1.82) is 0 Å². The van der Waals surface area contributed by atoms with Gasteiger partial charge in [-0.15, -0.1) is 0 Å². The molecule has 8 heteroatoms. The van der Waals surface area contributed by atoms with Crippen molar-refractivity contribution >= 4 is 63.6 Å². The highest BCUT2D eigenvalue weighted by molar-refractivity contribution is 14.1. The summed E-state index contributed by atoms with van der Waals surface area (Å²) in [6.07, 6.45) is 1.70. The average molecular weight is 576 g/mol. The Labute approximate surface area is 204 Å². The zero-order chi connectivity index (χ0) is 21.5. The second-order valence-electron chi connectivity index (χ2n) is 6.21. The van der Waals surface area contributed by atoms with E-state index in [1.165, 1.54) is 0 Å². The van der Waals surface area contributed by atoms with Crippen LogP contribution in [0.1, 0.15) is 16.7 Å². The van der Waals surface area contributed by atoms with Gasteiger partial charge in [0.2, 0.25) is 0 Å². The molecule has 0 aliphatic carbocycles. The Bertz CT molecular complexity index is 1040. The van der Waals surface area contributed by atoms with Crippen LogP contribution in [0.2, 0.25) is 15.1 Å². The molecule has 1 N–H and O–H groups in total. The van der Waals surface area contributed by atoms with E-state index in [1.54, 1.807) is 31.5 Å². The van der Waals surface area contributed by atoms with E-state index in [1.807, 2.05) is 36.4 Å². The van der Waals surface area contributed by atoms with E-state index in [9.17, 15) is 0 Å². The van der Waals surface area contributed by atoms with E-state index in [0.29, 0.717) is 39.7 Å². The molecule has 0 unspecified atom stereocenters. The molecular formula is C22H18Cl3IN2O2. The Morgan fingerprint density at radius 3 is 2.40 bits per heavy atom. The van der Waals surface area contributed by atoms with Gasteiger partial charge in [-0.2, -0.15) is 5.10 Å². The number of methoxy groups -OCH3 is 1. The molecule has 30 heavy (non-hydrogen) atoms. The van der Waals surface area contributed by atoms with E-state index in [2.05, 4.69) is 33.1 Å². The molecule has 3 rings (SSSR count). The molecule has 0 aliphatic rings. The number of hydrogen-bond acceptors (Lipinski definition) is 4. The average Bonchev–Trinajstić information content (AvgIpc) is 2.73. The lowest BCUT2D eigenvalue weighted by atomic mass is 10.2. The molecule has 3 aromatic rings. The molecule has 0 heterocycles. The highest BCUT2D eigenvalue weighted by atomic mass is 127. The van der Waals surface area contributed by atoms with Crippen LogP contribution in [0.5, 0.6) is 11.5 Å². The van der Waals surface area contributed by atoms with E-state index in [4.69, 9.17) is 44.3 Å². The molecule has 0 spiro atoms. The Kier molecular flexibility index (Phi) is 8.50. The van der Waals surface area contributed by atoms with Crippen molar-refractivity contribution in [2.45, 2.75) is 13.2 Å². The number of ether oxygens (including phenoxy) is 2. The third-order valence-electron chi connectivity index (χ3n) is 4.20. The minimum atomic E-state index is 0.347. The standard InChI is InChI=1S/C22H18Cl3IN2O2/c1-29-21-10-14(11-27-28-12-16-18(24)7-4-8-19(16)25)9-20(26)22(21)30-13-15-5-2-3-6-17(15)23/h2-11,28H,12-13H2,1H3/b27-11-. The van der Waals surface area contributed by atoms with Gasteiger partial charge >= 0.3 is 0 Å². The zero-order valence-electron chi connectivity index (χ0n) is 16.0. The van der Waals surface area contributed by atoms with Crippen molar-refractivity contribution in [2.24, 2.45) is 5.10 Å². The van der Waals surface area contributed by atoms with Crippen molar-refractivity contribution in [3.05, 3.63) is 89.9 Å². The first-order valence-corrected chi connectivity index (χ1v) is 11.1. The van der Waals surface area contributed by atoms with Gasteiger partial charge in [-0.3, -0.25) is 0 Å². The van der Waals surface area contributed by atoms with Crippen LogP contribution in [-0.4, -0.2) is 13.3 Å². The predicted octanol–water partition coefficient (Wildman–Crippen LogP) is 6.96. The fourth-order valence-electron chi connectivity index (χ4n) is 2.67. The molecule has 156 valence electrons. The van der Waals surface area contributed by atoms with Crippen molar-refractivity contribution in [1.82, 2.24) is 5.43 Å². The number of hydrogen-bond donors (Lipinski definition) is 1. The van der Waals surface area contributed by atoms with E-state index < -0.39 is 0 Å². The van der Waals surface area contributed by atoms with Gasteiger partial charge in [0.15, 0.2) is 11.5 Å². The molecule has 4 nitrogen and oxygen atoms in total. The van der Waals surface area contributed by atoms with Crippen LogP contribution >= 0.6 is 57.4 Å². The summed E-state index contributed by atoms with van der Waals surface area (Å²) in [6.45, 7) is 0.766. The van der Waals surface area contributed by atoms with Gasteiger partial charge in [-0.25, -0.2) is 0 Å². The first-order chi connectivity index (χ1) is 14.5. The second kappa shape index (κ2) is 11.1. The van der Waals surface area contributed by atoms with Gasteiger partial charge in [0.1, 0.15) is 6.61 Å². The van der Waals surface area contributed by atoms with Crippen LogP contribution in [-0.2, 0) is 13.2 Å². The van der Waals surface area contributed by atoms with Gasteiger partial charge < -0.3 is 14.9 Å². The first-order valence-electron chi connectivity index (χ1n) is 8.92. The van der Waals surface area contributed by atoms with Crippen LogP contribution < -0.4 is 14.9 Å². The molecule has 0 fully saturated rings. The monoisotopic (exact) mass is 574 g/mol. The normalized spacial score (nSPS) is 11.0. The smallest absolute Gasteiger partial charge is 0.174 e. The molecule has 0 amide bonds. The maximum absolute atomic E-state index is 6.21. The molecule has 0 saturated heterocycles. The fraction of sp³-hybridized carbons (Fsp3) is 0.136. The number of nitrogens with zero attached hydrogens (tertiary/aromatic N) is 1. The SMILES string of the molecule is COc1cc(/C=N\NCc2c(Cl)cccc2Cl)cc(I)c1OCc1ccccc1Cl. The summed E-state index contributed by atoms with van der Waals surface area (Å²) < 4.78 is 12.4. The van der Waals surface area contributed by atoms with Crippen LogP contribution in [0.15, 0.2) is 59.7 Å². The highest BCUT2D eigenvalue weighted by Gasteiger charge is 2.12. The Hall–Kier alpha value is -1.67. The number of benzene rings is 3. The molecule has 0 bridgehead atoms. The highest BCUT2D eigenvalue weighted by Crippen LogP contribution is 2.34. The van der Waals surface area contributed by atoms with Gasteiger partial charge in [-0.1, -0.05) is 59.1 Å². The van der Waals surface area contributed by atoms with E-state index in [0.717, 1.165) is 20.3 Å². The summed E-state index contributed by atoms with van der Waals surface area (Å²) in [6, 6.07) is 16.8. The zero-order valence-corrected chi connectivity index (χ0v) is 20.4. The van der Waals surface area contributed by atoms with Crippen LogP contribution in [0, 0.1) is 3.57 Å². The lowest BCUT2D eigenvalue weighted by Gasteiger charge is -2.14. The maximum atomic E-state index is 6.21. The topological polar surface area (TPSA) is 42.8 Å². The third-order valence-corrected chi connectivity index (χ3v) is 6.08. The summed E-state index contributed by atoms with van der Waals surface area (Å²) in [5.74, 6) is 1.27. The maximum Gasteiger partial charge on any atom is 0.174 e. The van der Waals surface area contributed by atoms with Gasteiger partial charge in [0, 0.05) is 26.2 Å². The molecule has 0 saturated carbocycles. The Morgan fingerprint density at radius 2 is 1.70 bits per heavy atom. The lowest BCUT2D eigenvalue weighted by Crippen LogP contribution is -2.07. The van der Waals surface area contributed by atoms with E-state index >= 15 is 0 Å². The summed E-state index contributed by atoms with van der Waals surface area (Å²) in [5, 5.41) is 6.12. The minimum absolute atomic E-state index is 0.347. The fourth-order valence-corrected chi connectivity index (χ4v) is 4.17. The summed E-state index contributed by atoms with van der Waals surface area (Å²) in [4.78, 5) is 0.